The van der Waals surface area contributed by atoms with E-state index in [4.69, 9.17) is 0 Å². The van der Waals surface area contributed by atoms with Crippen molar-refractivity contribution in [2.75, 3.05) is 18.0 Å². The predicted molar refractivity (Wildman–Crippen MR) is 57.7 cm³/mol. The van der Waals surface area contributed by atoms with Crippen molar-refractivity contribution in [3.63, 3.8) is 0 Å². The molecule has 0 radical (unpaired) electrons. The summed E-state index contributed by atoms with van der Waals surface area (Å²) in [6.07, 6.45) is 7.17. The van der Waals surface area contributed by atoms with Crippen LogP contribution in [0.1, 0.15) is 19.3 Å². The lowest BCUT2D eigenvalue weighted by molar-refractivity contribution is 0.574. The second kappa shape index (κ2) is 3.49. The minimum absolute atomic E-state index is 0.915. The van der Waals surface area contributed by atoms with E-state index in [0.29, 0.717) is 0 Å². The Morgan fingerprint density at radius 3 is 2.93 bits per heavy atom. The van der Waals surface area contributed by atoms with Gasteiger partial charge in [-0.2, -0.15) is 5.10 Å². The van der Waals surface area contributed by atoms with E-state index in [2.05, 4.69) is 25.1 Å². The summed E-state index contributed by atoms with van der Waals surface area (Å²) in [4.78, 5) is 10.5. The molecule has 2 aromatic rings. The Bertz CT molecular complexity index is 458. The Labute approximate surface area is 87.5 Å². The number of fused-ring (bicyclic) bond motifs is 1. The molecule has 3 rings (SSSR count). The van der Waals surface area contributed by atoms with Gasteiger partial charge in [0.2, 0.25) is 0 Å². The number of anilines is 1. The number of piperidine rings is 1. The van der Waals surface area contributed by atoms with Crippen molar-refractivity contribution in [1.82, 2.24) is 20.2 Å². The molecule has 0 bridgehead atoms. The first-order valence-corrected chi connectivity index (χ1v) is 5.34. The minimum Gasteiger partial charge on any atom is -0.353 e. The highest BCUT2D eigenvalue weighted by Crippen LogP contribution is 2.23. The van der Waals surface area contributed by atoms with E-state index >= 15 is 0 Å². The quantitative estimate of drug-likeness (QED) is 0.760. The van der Waals surface area contributed by atoms with Crippen LogP contribution in [0.2, 0.25) is 0 Å². The maximum Gasteiger partial charge on any atom is 0.177 e. The molecular weight excluding hydrogens is 190 g/mol. The molecule has 0 amide bonds. The van der Waals surface area contributed by atoms with Crippen LogP contribution in [0.5, 0.6) is 0 Å². The molecule has 3 heterocycles. The molecule has 0 aromatic carbocycles. The molecule has 15 heavy (non-hydrogen) atoms. The standard InChI is InChI=1S/C10H13N5/c1-2-4-15(5-3-1)10-9-8(13-14-10)6-11-7-12-9/h6-7H,1-5H2,(H,13,14). The van der Waals surface area contributed by atoms with Crippen molar-refractivity contribution in [3.8, 4) is 0 Å². The summed E-state index contributed by atoms with van der Waals surface area (Å²) in [5, 5.41) is 7.29. The van der Waals surface area contributed by atoms with E-state index in [0.717, 1.165) is 29.9 Å². The van der Waals surface area contributed by atoms with Crippen LogP contribution in [0, 0.1) is 0 Å². The Morgan fingerprint density at radius 1 is 1.20 bits per heavy atom. The summed E-state index contributed by atoms with van der Waals surface area (Å²) in [6, 6.07) is 0. The molecule has 1 saturated heterocycles. The van der Waals surface area contributed by atoms with Gasteiger partial charge in [-0.15, -0.1) is 0 Å². The number of aromatic nitrogens is 4. The first kappa shape index (κ1) is 8.64. The largest absolute Gasteiger partial charge is 0.353 e. The molecular formula is C10H13N5. The number of nitrogens with zero attached hydrogens (tertiary/aromatic N) is 4. The normalized spacial score (nSPS) is 17.2. The van der Waals surface area contributed by atoms with Gasteiger partial charge in [0.15, 0.2) is 5.82 Å². The van der Waals surface area contributed by atoms with Crippen LogP contribution >= 0.6 is 0 Å². The van der Waals surface area contributed by atoms with Crippen molar-refractivity contribution in [3.05, 3.63) is 12.5 Å². The summed E-state index contributed by atoms with van der Waals surface area (Å²) in [6.45, 7) is 2.17. The van der Waals surface area contributed by atoms with Gasteiger partial charge in [-0.3, -0.25) is 5.10 Å². The Kier molecular flexibility index (Phi) is 2.01. The zero-order valence-corrected chi connectivity index (χ0v) is 8.48. The number of H-pyrrole nitrogens is 1. The highest BCUT2D eigenvalue weighted by atomic mass is 15.3. The molecule has 5 nitrogen and oxygen atoms in total. The summed E-state index contributed by atoms with van der Waals surface area (Å²) in [5.41, 5.74) is 1.85. The SMILES string of the molecule is c1ncc2[nH]nc(N3CCCCC3)c2n1. The minimum atomic E-state index is 0.915. The Balaban J connectivity index is 2.02. The van der Waals surface area contributed by atoms with Crippen LogP contribution in [0.3, 0.4) is 0 Å². The third-order valence-corrected chi connectivity index (χ3v) is 2.86. The molecule has 78 valence electrons. The van der Waals surface area contributed by atoms with Gasteiger partial charge in [-0.05, 0) is 19.3 Å². The van der Waals surface area contributed by atoms with Gasteiger partial charge in [0.25, 0.3) is 0 Å². The van der Waals surface area contributed by atoms with E-state index in [1.807, 2.05) is 0 Å². The lowest BCUT2D eigenvalue weighted by Gasteiger charge is -2.26. The first-order valence-electron chi connectivity index (χ1n) is 5.34. The second-order valence-corrected chi connectivity index (χ2v) is 3.88. The second-order valence-electron chi connectivity index (χ2n) is 3.88. The van der Waals surface area contributed by atoms with E-state index in [9.17, 15) is 0 Å². The van der Waals surface area contributed by atoms with E-state index in [-0.39, 0.29) is 0 Å². The maximum atomic E-state index is 4.32. The monoisotopic (exact) mass is 203 g/mol. The van der Waals surface area contributed by atoms with E-state index in [1.165, 1.54) is 19.3 Å². The zero-order chi connectivity index (χ0) is 10.1. The van der Waals surface area contributed by atoms with Crippen LogP contribution in [-0.2, 0) is 0 Å². The third-order valence-electron chi connectivity index (χ3n) is 2.86. The van der Waals surface area contributed by atoms with Crippen LogP contribution in [-0.4, -0.2) is 33.3 Å². The molecule has 1 aliphatic heterocycles. The van der Waals surface area contributed by atoms with Crippen LogP contribution in [0.4, 0.5) is 5.82 Å². The van der Waals surface area contributed by atoms with Gasteiger partial charge < -0.3 is 4.90 Å². The zero-order valence-electron chi connectivity index (χ0n) is 8.48. The van der Waals surface area contributed by atoms with Gasteiger partial charge in [0.1, 0.15) is 17.4 Å². The van der Waals surface area contributed by atoms with Crippen molar-refractivity contribution in [1.29, 1.82) is 0 Å². The van der Waals surface area contributed by atoms with Gasteiger partial charge in [-0.1, -0.05) is 0 Å². The fraction of sp³-hybridized carbons (Fsp3) is 0.500. The van der Waals surface area contributed by atoms with Gasteiger partial charge >= 0.3 is 0 Å². The van der Waals surface area contributed by atoms with Gasteiger partial charge in [-0.25, -0.2) is 9.97 Å². The number of nitrogens with one attached hydrogen (secondary N) is 1. The Hall–Kier alpha value is -1.65. The highest BCUT2D eigenvalue weighted by Gasteiger charge is 2.16. The summed E-state index contributed by atoms with van der Waals surface area (Å²) < 4.78 is 0. The van der Waals surface area contributed by atoms with Crippen molar-refractivity contribution in [2.24, 2.45) is 0 Å². The predicted octanol–water partition coefficient (Wildman–Crippen LogP) is 1.34. The number of hydrogen-bond donors (Lipinski definition) is 1. The topological polar surface area (TPSA) is 57.7 Å². The van der Waals surface area contributed by atoms with Gasteiger partial charge in [0, 0.05) is 13.1 Å². The number of aromatic amines is 1. The van der Waals surface area contributed by atoms with Crippen LogP contribution in [0.25, 0.3) is 11.0 Å². The third kappa shape index (κ3) is 1.44. The van der Waals surface area contributed by atoms with Crippen LogP contribution < -0.4 is 4.90 Å². The summed E-state index contributed by atoms with van der Waals surface area (Å²) in [7, 11) is 0. The molecule has 0 unspecified atom stereocenters. The number of rotatable bonds is 1. The molecule has 0 saturated carbocycles. The molecule has 5 heteroatoms. The molecule has 0 atom stereocenters. The fourth-order valence-corrected chi connectivity index (χ4v) is 2.08. The summed E-state index contributed by atoms with van der Waals surface area (Å²) >= 11 is 0. The summed E-state index contributed by atoms with van der Waals surface area (Å²) in [5.74, 6) is 0.979. The molecule has 0 spiro atoms. The maximum absolute atomic E-state index is 4.32. The molecule has 1 fully saturated rings. The Morgan fingerprint density at radius 2 is 2.07 bits per heavy atom. The lowest BCUT2D eigenvalue weighted by Crippen LogP contribution is -2.29. The molecule has 1 N–H and O–H groups in total. The fourth-order valence-electron chi connectivity index (χ4n) is 2.08. The highest BCUT2D eigenvalue weighted by molar-refractivity contribution is 5.85. The van der Waals surface area contributed by atoms with E-state index < -0.39 is 0 Å². The van der Waals surface area contributed by atoms with Crippen molar-refractivity contribution >= 4 is 16.9 Å². The van der Waals surface area contributed by atoms with E-state index in [1.54, 1.807) is 12.5 Å². The average molecular weight is 203 g/mol. The average Bonchev–Trinajstić information content (AvgIpc) is 2.74. The van der Waals surface area contributed by atoms with Crippen molar-refractivity contribution in [2.45, 2.75) is 19.3 Å². The van der Waals surface area contributed by atoms with Crippen molar-refractivity contribution < 1.29 is 0 Å². The van der Waals surface area contributed by atoms with Gasteiger partial charge in [0.05, 0.1) is 6.20 Å². The lowest BCUT2D eigenvalue weighted by atomic mass is 10.1. The molecule has 0 aliphatic carbocycles. The van der Waals surface area contributed by atoms with Crippen LogP contribution in [0.15, 0.2) is 12.5 Å². The smallest absolute Gasteiger partial charge is 0.177 e. The molecule has 1 aliphatic rings. The first-order chi connectivity index (χ1) is 7.45. The number of hydrogen-bond acceptors (Lipinski definition) is 4. The molecule has 2 aromatic heterocycles.